The first-order valence-corrected chi connectivity index (χ1v) is 31.5. The van der Waals surface area contributed by atoms with Crippen LogP contribution < -0.4 is 37.1 Å². The van der Waals surface area contributed by atoms with Crippen LogP contribution in [0, 0.1) is 0 Å². The van der Waals surface area contributed by atoms with Crippen LogP contribution in [0.5, 0.6) is 0 Å². The maximum atomic E-state index is 12.7. The van der Waals surface area contributed by atoms with Crippen molar-refractivity contribution >= 4 is 42.9 Å². The summed E-state index contributed by atoms with van der Waals surface area (Å²) in [5, 5.41) is 109. The molecule has 15 atom stereocenters. The SMILES string of the molecule is CBNC(COCCC(=O)NCCOCCOCCOC1OC(CO)C(O)C(O)C1NC(C)=O)(COCCC(=O)NCCOCCOCCOC1OC(CO)C(O)C(O)C1NC(C)=O)COCCC(=O)NCCOCCOCCOC1OC(CO)C(O)C(O)C1NC(C)=O. The van der Waals surface area contributed by atoms with E-state index in [1.165, 1.54) is 20.8 Å². The number of hydrogen-bond donors (Lipinski definition) is 16. The van der Waals surface area contributed by atoms with Gasteiger partial charge in [0, 0.05) is 59.7 Å². The highest BCUT2D eigenvalue weighted by atomic mass is 16.7. The van der Waals surface area contributed by atoms with Crippen molar-refractivity contribution in [3.63, 3.8) is 0 Å². The zero-order chi connectivity index (χ0) is 69.1. The second-order valence-electron chi connectivity index (χ2n) is 21.9. The van der Waals surface area contributed by atoms with Gasteiger partial charge in [0.2, 0.25) is 35.4 Å². The number of nitrogens with one attached hydrogen (secondary N) is 7. The summed E-state index contributed by atoms with van der Waals surface area (Å²) in [6.07, 6.45) is -15.4. The van der Waals surface area contributed by atoms with Crippen LogP contribution in [0.1, 0.15) is 40.0 Å². The van der Waals surface area contributed by atoms with E-state index in [1.807, 2.05) is 6.82 Å². The third-order valence-corrected chi connectivity index (χ3v) is 14.2. The van der Waals surface area contributed by atoms with Crippen molar-refractivity contribution in [3.8, 4) is 0 Å². The number of carbonyl (C=O) groups excluding carboxylic acids is 6. The lowest BCUT2D eigenvalue weighted by Crippen LogP contribution is -2.64. The Kier molecular flexibility index (Phi) is 44.2. The van der Waals surface area contributed by atoms with Crippen LogP contribution in [0.3, 0.4) is 0 Å². The molecule has 0 aromatic heterocycles. The van der Waals surface area contributed by atoms with Crippen molar-refractivity contribution in [2.45, 2.75) is 144 Å². The van der Waals surface area contributed by atoms with Gasteiger partial charge in [0.05, 0.1) is 164 Å². The van der Waals surface area contributed by atoms with Gasteiger partial charge in [-0.2, -0.15) is 0 Å². The zero-order valence-corrected chi connectivity index (χ0v) is 54.2. The van der Waals surface area contributed by atoms with Gasteiger partial charge in [0.25, 0.3) is 0 Å². The van der Waals surface area contributed by atoms with Gasteiger partial charge in [-0.15, -0.1) is 0 Å². The van der Waals surface area contributed by atoms with Gasteiger partial charge < -0.3 is 154 Å². The van der Waals surface area contributed by atoms with Gasteiger partial charge in [0.1, 0.15) is 73.1 Å². The largest absolute Gasteiger partial charge is 0.394 e. The highest BCUT2D eigenvalue weighted by Crippen LogP contribution is 2.25. The Morgan fingerprint density at radius 3 is 0.872 bits per heavy atom. The first kappa shape index (κ1) is 84.1. The van der Waals surface area contributed by atoms with Crippen LogP contribution in [0.25, 0.3) is 0 Å². The first-order chi connectivity index (χ1) is 45.2. The predicted molar refractivity (Wildman–Crippen MR) is 323 cm³/mol. The van der Waals surface area contributed by atoms with Gasteiger partial charge in [-0.1, -0.05) is 6.82 Å². The number of amides is 6. The number of aliphatic hydroxyl groups is 9. The molecule has 6 amide bonds. The molecule has 94 heavy (non-hydrogen) atoms. The van der Waals surface area contributed by atoms with Crippen LogP contribution in [-0.4, -0.2) is 364 Å². The van der Waals surface area contributed by atoms with E-state index in [1.54, 1.807) is 0 Å². The fraction of sp³-hybridized carbons (Fsp3) is 0.893. The third-order valence-electron chi connectivity index (χ3n) is 14.2. The molecular formula is C56H104BN7O30. The van der Waals surface area contributed by atoms with Crippen molar-refractivity contribution in [1.82, 2.24) is 37.1 Å². The Bertz CT molecular complexity index is 1880. The fourth-order valence-electron chi connectivity index (χ4n) is 9.48. The van der Waals surface area contributed by atoms with Gasteiger partial charge >= 0.3 is 0 Å². The molecule has 38 heteroatoms. The van der Waals surface area contributed by atoms with Crippen LogP contribution in [-0.2, 0) is 99.8 Å². The Labute approximate surface area is 546 Å². The van der Waals surface area contributed by atoms with Crippen molar-refractivity contribution < 1.29 is 146 Å². The van der Waals surface area contributed by atoms with Crippen molar-refractivity contribution in [1.29, 1.82) is 0 Å². The Morgan fingerprint density at radius 1 is 0.372 bits per heavy atom. The predicted octanol–water partition coefficient (Wildman–Crippen LogP) is -9.74. The molecule has 3 saturated heterocycles. The summed E-state index contributed by atoms with van der Waals surface area (Å²) in [5.41, 5.74) is -0.973. The monoisotopic (exact) mass is 1370 g/mol. The minimum atomic E-state index is -1.44. The topological polar surface area (TPSA) is 507 Å². The second-order valence-corrected chi connectivity index (χ2v) is 21.9. The normalized spacial score (nSPS) is 26.8. The Morgan fingerprint density at radius 2 is 0.628 bits per heavy atom. The lowest BCUT2D eigenvalue weighted by atomic mass is 9.90. The van der Waals surface area contributed by atoms with Crippen LogP contribution in [0.2, 0.25) is 6.82 Å². The minimum absolute atomic E-state index is 0.00373. The van der Waals surface area contributed by atoms with Crippen molar-refractivity contribution in [2.75, 3.05) is 178 Å². The molecule has 546 valence electrons. The standard InChI is InChI=1S/C56H104BN7O30/c1-35(68)61-44-50(77)47(74)38(29-65)92-53(44)89-26-23-83-20-17-80-14-8-58-41(71)5-11-86-32-56(64-57-4,33-87-12-6-42(72)59-9-15-81-18-21-84-24-27-90-54-45(62-36(2)69)51(78)48(75)39(30-66)93-54)34-88-13-7-43(73)60-10-16-82-19-22-85-25-28-91-55-46(63-37(3)70)52(79)49(76)40(31-67)94-55/h38-40,44-55,57,64-67,74-79H,5-34H2,1-4H3,(H,58,71)(H,59,72)(H,60,73)(H,61,68)(H,62,69)(H,63,70). The van der Waals surface area contributed by atoms with E-state index < -0.39 is 135 Å². The minimum Gasteiger partial charge on any atom is -0.394 e. The molecular weight excluding hydrogens is 1260 g/mol. The molecule has 0 saturated carbocycles. The lowest BCUT2D eigenvalue weighted by Gasteiger charge is -2.42. The van der Waals surface area contributed by atoms with Gasteiger partial charge in [0.15, 0.2) is 26.3 Å². The molecule has 16 N–H and O–H groups in total. The van der Waals surface area contributed by atoms with Gasteiger partial charge in [-0.25, -0.2) is 0 Å². The molecule has 37 nitrogen and oxygen atoms in total. The fourth-order valence-corrected chi connectivity index (χ4v) is 9.48. The summed E-state index contributed by atoms with van der Waals surface area (Å²) < 4.78 is 84.5. The maximum absolute atomic E-state index is 12.7. The quantitative estimate of drug-likeness (QED) is 0.0199. The van der Waals surface area contributed by atoms with Crippen LogP contribution in [0.15, 0.2) is 0 Å². The Balaban J connectivity index is 1.35. The summed E-state index contributed by atoms with van der Waals surface area (Å²) in [5.74, 6) is -2.35. The molecule has 15 unspecified atom stereocenters. The van der Waals surface area contributed by atoms with Gasteiger partial charge in [-0.3, -0.25) is 28.8 Å². The number of carbonyl (C=O) groups is 6. The number of aliphatic hydroxyl groups excluding tert-OH is 9. The number of hydrogen-bond acceptors (Lipinski definition) is 31. The van der Waals surface area contributed by atoms with E-state index in [0.717, 1.165) is 0 Å². The van der Waals surface area contributed by atoms with Crippen molar-refractivity contribution in [3.05, 3.63) is 0 Å². The highest BCUT2D eigenvalue weighted by molar-refractivity contribution is 6.30. The molecule has 0 aromatic rings. The smallest absolute Gasteiger partial charge is 0.222 e. The molecule has 0 aromatic carbocycles. The van der Waals surface area contributed by atoms with E-state index in [2.05, 4.69) is 37.1 Å². The highest BCUT2D eigenvalue weighted by Gasteiger charge is 2.48. The summed E-state index contributed by atoms with van der Waals surface area (Å²) in [6, 6.07) is -3.23. The lowest BCUT2D eigenvalue weighted by molar-refractivity contribution is -0.272. The average Bonchev–Trinajstić information content (AvgIpc) is 0.831. The van der Waals surface area contributed by atoms with E-state index in [0.29, 0.717) is 7.41 Å². The maximum Gasteiger partial charge on any atom is 0.222 e. The second kappa shape index (κ2) is 49.4. The molecule has 0 radical (unpaired) electrons. The summed E-state index contributed by atoms with van der Waals surface area (Å²) in [7, 11) is 0.448. The van der Waals surface area contributed by atoms with Crippen LogP contribution in [0.4, 0.5) is 0 Å². The zero-order valence-electron chi connectivity index (χ0n) is 54.2. The number of rotatable bonds is 53. The first-order valence-electron chi connectivity index (χ1n) is 31.5. The van der Waals surface area contributed by atoms with Gasteiger partial charge in [-0.05, 0) is 0 Å². The molecule has 0 spiro atoms. The summed E-state index contributed by atoms with van der Waals surface area (Å²) in [6.45, 7) is 6.45. The molecule has 3 heterocycles. The third kappa shape index (κ3) is 33.4. The molecule has 3 aliphatic rings. The average molecular weight is 1370 g/mol. The molecule has 3 aliphatic heterocycles. The summed E-state index contributed by atoms with van der Waals surface area (Å²) >= 11 is 0. The van der Waals surface area contributed by atoms with E-state index >= 15 is 0 Å². The molecule has 0 bridgehead atoms. The van der Waals surface area contributed by atoms with E-state index in [9.17, 15) is 74.7 Å². The van der Waals surface area contributed by atoms with E-state index in [4.69, 9.17) is 71.1 Å². The molecule has 0 aliphatic carbocycles. The van der Waals surface area contributed by atoms with E-state index in [-0.39, 0.29) is 195 Å². The molecule has 3 rings (SSSR count). The Hall–Kier alpha value is -4.12. The summed E-state index contributed by atoms with van der Waals surface area (Å²) in [4.78, 5) is 73.0. The molecule has 3 fully saturated rings. The van der Waals surface area contributed by atoms with Crippen LogP contribution >= 0.6 is 0 Å². The number of ether oxygens (including phenoxy) is 15. The van der Waals surface area contributed by atoms with Crippen molar-refractivity contribution in [2.24, 2.45) is 0 Å².